The first-order valence-electron chi connectivity index (χ1n) is 6.03. The van der Waals surface area contributed by atoms with Gasteiger partial charge >= 0.3 is 0 Å². The molecule has 0 saturated heterocycles. The number of halogens is 3. The molecule has 114 valence electrons. The molecular formula is C14H10F3N3O2. The van der Waals surface area contributed by atoms with Gasteiger partial charge in [-0.1, -0.05) is 11.2 Å². The third-order valence-corrected chi connectivity index (χ3v) is 2.59. The maximum atomic E-state index is 13.0. The monoisotopic (exact) mass is 309 g/mol. The van der Waals surface area contributed by atoms with Gasteiger partial charge in [-0.25, -0.2) is 13.2 Å². The molecule has 1 aromatic heterocycles. The smallest absolute Gasteiger partial charge is 0.203 e. The predicted octanol–water partition coefficient (Wildman–Crippen LogP) is 2.02. The van der Waals surface area contributed by atoms with Crippen molar-refractivity contribution in [3.8, 4) is 0 Å². The fourth-order valence-corrected chi connectivity index (χ4v) is 1.52. The Balaban J connectivity index is 2.02. The van der Waals surface area contributed by atoms with E-state index in [-0.39, 0.29) is 11.4 Å². The van der Waals surface area contributed by atoms with Crippen LogP contribution in [-0.4, -0.2) is 23.2 Å². The predicted molar refractivity (Wildman–Crippen MR) is 71.6 cm³/mol. The van der Waals surface area contributed by atoms with Crippen LogP contribution in [-0.2, 0) is 4.84 Å². The molecule has 0 amide bonds. The fraction of sp³-hybridized carbons (Fsp3) is 0.0714. The number of rotatable bonds is 5. The van der Waals surface area contributed by atoms with E-state index in [4.69, 9.17) is 10.6 Å². The lowest BCUT2D eigenvalue weighted by Gasteiger charge is -2.03. The highest BCUT2D eigenvalue weighted by molar-refractivity contribution is 5.97. The van der Waals surface area contributed by atoms with Gasteiger partial charge in [0.05, 0.1) is 0 Å². The van der Waals surface area contributed by atoms with E-state index in [0.717, 1.165) is 0 Å². The van der Waals surface area contributed by atoms with Crippen LogP contribution in [0.15, 0.2) is 41.7 Å². The molecule has 22 heavy (non-hydrogen) atoms. The van der Waals surface area contributed by atoms with Gasteiger partial charge in [0.2, 0.25) is 5.78 Å². The minimum Gasteiger partial charge on any atom is -0.386 e. The molecule has 8 heteroatoms. The summed E-state index contributed by atoms with van der Waals surface area (Å²) in [6.07, 6.45) is 1.49. The summed E-state index contributed by atoms with van der Waals surface area (Å²) in [5, 5.41) is 3.47. The van der Waals surface area contributed by atoms with E-state index in [1.54, 1.807) is 18.2 Å². The minimum absolute atomic E-state index is 0.0649. The Morgan fingerprint density at radius 2 is 1.91 bits per heavy atom. The summed E-state index contributed by atoms with van der Waals surface area (Å²) >= 11 is 0. The molecule has 2 rings (SSSR count). The molecule has 0 unspecified atom stereocenters. The van der Waals surface area contributed by atoms with Crippen molar-refractivity contribution in [2.75, 3.05) is 6.61 Å². The van der Waals surface area contributed by atoms with Gasteiger partial charge in [-0.3, -0.25) is 9.78 Å². The number of carbonyl (C=O) groups is 1. The van der Waals surface area contributed by atoms with Crippen molar-refractivity contribution in [3.63, 3.8) is 0 Å². The van der Waals surface area contributed by atoms with Crippen LogP contribution in [0.2, 0.25) is 0 Å². The number of oxime groups is 1. The van der Waals surface area contributed by atoms with Crippen molar-refractivity contribution in [3.05, 3.63) is 65.2 Å². The third kappa shape index (κ3) is 3.60. The summed E-state index contributed by atoms with van der Waals surface area (Å²) in [4.78, 5) is 20.3. The Morgan fingerprint density at radius 1 is 1.23 bits per heavy atom. The van der Waals surface area contributed by atoms with Crippen molar-refractivity contribution in [1.82, 2.24) is 4.98 Å². The summed E-state index contributed by atoms with van der Waals surface area (Å²) in [6.45, 7) is -0.613. The molecule has 0 spiro atoms. The van der Waals surface area contributed by atoms with Crippen molar-refractivity contribution < 1.29 is 22.8 Å². The van der Waals surface area contributed by atoms with Crippen LogP contribution in [0.3, 0.4) is 0 Å². The Bertz CT molecular complexity index is 698. The number of nitrogens with two attached hydrogens (primary N) is 1. The Hall–Kier alpha value is -2.90. The maximum absolute atomic E-state index is 13.0. The Kier molecular flexibility index (Phi) is 4.72. The van der Waals surface area contributed by atoms with Crippen LogP contribution in [0.4, 0.5) is 13.2 Å². The van der Waals surface area contributed by atoms with Crippen LogP contribution in [0.25, 0.3) is 0 Å². The molecule has 5 nitrogen and oxygen atoms in total. The van der Waals surface area contributed by atoms with Gasteiger partial charge in [0, 0.05) is 11.8 Å². The topological polar surface area (TPSA) is 77.6 Å². The van der Waals surface area contributed by atoms with Crippen molar-refractivity contribution >= 4 is 11.6 Å². The molecule has 0 saturated carbocycles. The first kappa shape index (κ1) is 15.5. The van der Waals surface area contributed by atoms with Crippen LogP contribution in [0.5, 0.6) is 0 Å². The summed E-state index contributed by atoms with van der Waals surface area (Å²) < 4.78 is 38.8. The zero-order valence-electron chi connectivity index (χ0n) is 11.1. The van der Waals surface area contributed by atoms with E-state index < -0.39 is 29.8 Å². The van der Waals surface area contributed by atoms with Crippen LogP contribution in [0.1, 0.15) is 16.1 Å². The fourth-order valence-electron chi connectivity index (χ4n) is 1.52. The van der Waals surface area contributed by atoms with Crippen molar-refractivity contribution in [1.29, 1.82) is 0 Å². The highest BCUT2D eigenvalue weighted by Crippen LogP contribution is 2.14. The quantitative estimate of drug-likeness (QED) is 0.301. The van der Waals surface area contributed by atoms with Crippen LogP contribution in [0, 0.1) is 17.5 Å². The molecule has 2 aromatic rings. The van der Waals surface area contributed by atoms with Crippen LogP contribution >= 0.6 is 0 Å². The number of hydrogen-bond donors (Lipinski definition) is 1. The van der Waals surface area contributed by atoms with E-state index >= 15 is 0 Å². The van der Waals surface area contributed by atoms with E-state index in [1.807, 2.05) is 0 Å². The molecular weight excluding hydrogens is 299 g/mol. The number of aromatic nitrogens is 1. The number of ketones is 1. The molecule has 0 aliphatic carbocycles. The molecule has 0 bridgehead atoms. The van der Waals surface area contributed by atoms with Gasteiger partial charge in [0.1, 0.15) is 5.69 Å². The standard InChI is InChI=1S/C14H10F3N3O2/c15-9-5-8(6-10(16)13(9)17)12(21)7-22-20-14(18)11-3-1-2-4-19-11/h1-6H,7H2,(H2,18,20). The summed E-state index contributed by atoms with van der Waals surface area (Å²) in [5.74, 6) is -5.41. The Labute approximate surface area is 123 Å². The number of Topliss-reactive ketones (excluding diaryl/α,β-unsaturated/α-hetero) is 1. The highest BCUT2D eigenvalue weighted by Gasteiger charge is 2.15. The average Bonchev–Trinajstić information content (AvgIpc) is 2.52. The summed E-state index contributed by atoms with van der Waals surface area (Å²) in [7, 11) is 0. The van der Waals surface area contributed by atoms with E-state index in [0.29, 0.717) is 17.8 Å². The summed E-state index contributed by atoms with van der Waals surface area (Å²) in [5.41, 5.74) is 5.54. The first-order valence-corrected chi connectivity index (χ1v) is 6.03. The lowest BCUT2D eigenvalue weighted by Crippen LogP contribution is -2.17. The Morgan fingerprint density at radius 3 is 2.50 bits per heavy atom. The minimum atomic E-state index is -1.64. The lowest BCUT2D eigenvalue weighted by molar-refractivity contribution is 0.0774. The van der Waals surface area contributed by atoms with E-state index in [1.165, 1.54) is 6.20 Å². The molecule has 1 heterocycles. The normalized spacial score (nSPS) is 11.3. The highest BCUT2D eigenvalue weighted by atomic mass is 19.2. The van der Waals surface area contributed by atoms with Gasteiger partial charge in [0.25, 0.3) is 0 Å². The zero-order chi connectivity index (χ0) is 16.1. The van der Waals surface area contributed by atoms with Gasteiger partial charge in [-0.15, -0.1) is 0 Å². The molecule has 2 N–H and O–H groups in total. The number of nitrogens with zero attached hydrogens (tertiary/aromatic N) is 2. The summed E-state index contributed by atoms with van der Waals surface area (Å²) in [6, 6.07) is 6.10. The number of benzene rings is 1. The molecule has 0 atom stereocenters. The van der Waals surface area contributed by atoms with E-state index in [2.05, 4.69) is 10.1 Å². The van der Waals surface area contributed by atoms with Gasteiger partial charge in [-0.05, 0) is 24.3 Å². The lowest BCUT2D eigenvalue weighted by atomic mass is 10.1. The van der Waals surface area contributed by atoms with Gasteiger partial charge < -0.3 is 10.6 Å². The molecule has 0 aliphatic rings. The average molecular weight is 309 g/mol. The maximum Gasteiger partial charge on any atom is 0.203 e. The third-order valence-electron chi connectivity index (χ3n) is 2.59. The van der Waals surface area contributed by atoms with Crippen molar-refractivity contribution in [2.24, 2.45) is 10.9 Å². The molecule has 1 aromatic carbocycles. The molecule has 0 fully saturated rings. The second-order valence-electron chi connectivity index (χ2n) is 4.14. The zero-order valence-corrected chi connectivity index (χ0v) is 11.1. The van der Waals surface area contributed by atoms with Gasteiger partial charge in [0.15, 0.2) is 29.9 Å². The number of hydrogen-bond acceptors (Lipinski definition) is 4. The van der Waals surface area contributed by atoms with E-state index in [9.17, 15) is 18.0 Å². The van der Waals surface area contributed by atoms with Crippen molar-refractivity contribution in [2.45, 2.75) is 0 Å². The molecule has 0 aliphatic heterocycles. The largest absolute Gasteiger partial charge is 0.386 e. The van der Waals surface area contributed by atoms with Gasteiger partial charge in [-0.2, -0.15) is 0 Å². The van der Waals surface area contributed by atoms with Crippen LogP contribution < -0.4 is 5.73 Å². The number of carbonyl (C=O) groups excluding carboxylic acids is 1. The first-order chi connectivity index (χ1) is 10.5. The SMILES string of the molecule is NC(=NOCC(=O)c1cc(F)c(F)c(F)c1)c1ccccn1. The number of amidine groups is 1. The number of pyridine rings is 1. The second-order valence-corrected chi connectivity index (χ2v) is 4.14. The second kappa shape index (κ2) is 6.70. The molecule has 0 radical (unpaired) electrons.